The van der Waals surface area contributed by atoms with Crippen molar-refractivity contribution in [1.82, 2.24) is 9.78 Å². The maximum absolute atomic E-state index is 15.2. The van der Waals surface area contributed by atoms with E-state index in [1.807, 2.05) is 0 Å². The number of hydrogen-bond donors (Lipinski definition) is 0. The zero-order valence-electron chi connectivity index (χ0n) is 20.2. The summed E-state index contributed by atoms with van der Waals surface area (Å²) in [6.07, 6.45) is 4.44. The zero-order chi connectivity index (χ0) is 25.5. The van der Waals surface area contributed by atoms with E-state index in [1.165, 1.54) is 18.7 Å². The van der Waals surface area contributed by atoms with Crippen LogP contribution in [-0.2, 0) is 26.5 Å². The van der Waals surface area contributed by atoms with Crippen LogP contribution >= 0.6 is 0 Å². The number of carbonyl (C=O) groups excluding carboxylic acids is 2. The molecule has 0 radical (unpaired) electrons. The van der Waals surface area contributed by atoms with Crippen molar-refractivity contribution >= 4 is 27.3 Å². The highest BCUT2D eigenvalue weighted by atomic mass is 32.2. The monoisotopic (exact) mass is 505 g/mol. The van der Waals surface area contributed by atoms with Crippen molar-refractivity contribution in [2.24, 2.45) is 18.1 Å². The predicted octanol–water partition coefficient (Wildman–Crippen LogP) is 3.42. The zero-order valence-corrected chi connectivity index (χ0v) is 21.0. The van der Waals surface area contributed by atoms with Crippen LogP contribution in [0.15, 0.2) is 16.1 Å². The van der Waals surface area contributed by atoms with Crippen molar-refractivity contribution in [3.63, 3.8) is 0 Å². The number of ether oxygens (including phenoxy) is 1. The lowest BCUT2D eigenvalue weighted by Gasteiger charge is -2.22. The topological polar surface area (TPSA) is 117 Å². The first-order valence-electron chi connectivity index (χ1n) is 11.5. The van der Waals surface area contributed by atoms with E-state index < -0.39 is 32.3 Å². The molecule has 1 aliphatic carbocycles. The normalized spacial score (nSPS) is 18.8. The summed E-state index contributed by atoms with van der Waals surface area (Å²) in [5.74, 6) is -2.66. The number of esters is 1. The maximum atomic E-state index is 15.2. The Morgan fingerprint density at radius 2 is 1.89 bits per heavy atom. The molecule has 1 saturated carbocycles. The van der Waals surface area contributed by atoms with E-state index in [2.05, 4.69) is 10.3 Å². The molecule has 188 valence electrons. The molecule has 11 heteroatoms. The standard InChI is InChI=1S/C24H28FN3O6S/c1-13-16(12-17(25)22-19(13)18(27-33-4)10-11-35(22,31)32)21(29)20-14(2)26-28(3)23(20)34-24(30)15-8-6-5-7-9-15/h12,15H,5-11H2,1-4H3/b27-18+. The fraction of sp³-hybridized carbons (Fsp3) is 0.500. The quantitative estimate of drug-likeness (QED) is 0.347. The number of rotatable bonds is 5. The predicted molar refractivity (Wildman–Crippen MR) is 125 cm³/mol. The first-order valence-corrected chi connectivity index (χ1v) is 13.2. The van der Waals surface area contributed by atoms with E-state index in [0.717, 1.165) is 38.2 Å². The van der Waals surface area contributed by atoms with E-state index in [4.69, 9.17) is 9.57 Å². The Hall–Kier alpha value is -3.08. The molecular formula is C24H28FN3O6S. The number of nitrogens with zero attached hydrogens (tertiary/aromatic N) is 3. The molecule has 0 amide bonds. The number of aromatic nitrogens is 2. The summed E-state index contributed by atoms with van der Waals surface area (Å²) in [5, 5.41) is 8.13. The molecule has 4 rings (SSSR count). The van der Waals surface area contributed by atoms with Crippen LogP contribution in [0.25, 0.3) is 0 Å². The lowest BCUT2D eigenvalue weighted by molar-refractivity contribution is -0.140. The Morgan fingerprint density at radius 3 is 2.54 bits per heavy atom. The van der Waals surface area contributed by atoms with Crippen LogP contribution in [0.1, 0.15) is 71.3 Å². The number of hydrogen-bond acceptors (Lipinski definition) is 8. The highest BCUT2D eigenvalue weighted by molar-refractivity contribution is 7.91. The third kappa shape index (κ3) is 4.49. The third-order valence-corrected chi connectivity index (χ3v) is 8.44. The molecule has 2 aliphatic rings. The second-order valence-electron chi connectivity index (χ2n) is 9.00. The number of carbonyl (C=O) groups is 2. The molecule has 0 saturated heterocycles. The Kier molecular flexibility index (Phi) is 6.81. The van der Waals surface area contributed by atoms with E-state index in [1.54, 1.807) is 14.0 Å². The molecular weight excluding hydrogens is 477 g/mol. The SMILES string of the molecule is CO/N=C1\CCS(=O)(=O)c2c(F)cc(C(=O)c3c(C)nn(C)c3OC(=O)C3CCCCC3)c(C)c21. The van der Waals surface area contributed by atoms with Crippen molar-refractivity contribution in [3.8, 4) is 5.88 Å². The maximum Gasteiger partial charge on any atom is 0.315 e. The van der Waals surface area contributed by atoms with Gasteiger partial charge in [0.25, 0.3) is 0 Å². The summed E-state index contributed by atoms with van der Waals surface area (Å²) in [4.78, 5) is 30.9. The number of fused-ring (bicyclic) bond motifs is 1. The van der Waals surface area contributed by atoms with E-state index in [9.17, 15) is 18.0 Å². The van der Waals surface area contributed by atoms with Crippen LogP contribution in [0, 0.1) is 25.6 Å². The highest BCUT2D eigenvalue weighted by Crippen LogP contribution is 2.35. The Bertz CT molecular complexity index is 1340. The second-order valence-corrected chi connectivity index (χ2v) is 11.0. The number of aryl methyl sites for hydroxylation is 2. The van der Waals surface area contributed by atoms with Gasteiger partial charge in [0.15, 0.2) is 9.84 Å². The molecule has 9 nitrogen and oxygen atoms in total. The second kappa shape index (κ2) is 9.52. The van der Waals surface area contributed by atoms with Gasteiger partial charge in [-0.1, -0.05) is 24.4 Å². The molecule has 0 spiro atoms. The smallest absolute Gasteiger partial charge is 0.315 e. The van der Waals surface area contributed by atoms with Gasteiger partial charge in [0.2, 0.25) is 11.7 Å². The minimum absolute atomic E-state index is 0.0148. The van der Waals surface area contributed by atoms with Gasteiger partial charge >= 0.3 is 5.97 Å². The van der Waals surface area contributed by atoms with Gasteiger partial charge in [-0.15, -0.1) is 0 Å². The number of halogens is 1. The fourth-order valence-corrected chi connectivity index (χ4v) is 6.54. The fourth-order valence-electron chi connectivity index (χ4n) is 4.94. The van der Waals surface area contributed by atoms with Crippen LogP contribution in [0.5, 0.6) is 5.88 Å². The number of ketones is 1. The summed E-state index contributed by atoms with van der Waals surface area (Å²) < 4.78 is 47.5. The van der Waals surface area contributed by atoms with Crippen molar-refractivity contribution in [2.75, 3.05) is 12.9 Å². The van der Waals surface area contributed by atoms with Crippen LogP contribution in [0.4, 0.5) is 4.39 Å². The first kappa shape index (κ1) is 25.0. The van der Waals surface area contributed by atoms with Gasteiger partial charge in [-0.05, 0) is 38.3 Å². The summed E-state index contributed by atoms with van der Waals surface area (Å²) in [7, 11) is -1.04. The van der Waals surface area contributed by atoms with Gasteiger partial charge in [0, 0.05) is 24.6 Å². The molecule has 35 heavy (non-hydrogen) atoms. The summed E-state index contributed by atoms with van der Waals surface area (Å²) in [5.41, 5.74) is 0.799. The van der Waals surface area contributed by atoms with Gasteiger partial charge in [0.05, 0.1) is 23.1 Å². The largest absolute Gasteiger partial charge is 0.407 e. The third-order valence-electron chi connectivity index (χ3n) is 6.68. The van der Waals surface area contributed by atoms with Crippen molar-refractivity contribution in [3.05, 3.63) is 39.8 Å². The molecule has 0 unspecified atom stereocenters. The van der Waals surface area contributed by atoms with Crippen molar-refractivity contribution in [2.45, 2.75) is 57.3 Å². The minimum Gasteiger partial charge on any atom is -0.407 e. The van der Waals surface area contributed by atoms with Crippen LogP contribution in [0.3, 0.4) is 0 Å². The Morgan fingerprint density at radius 1 is 1.20 bits per heavy atom. The van der Waals surface area contributed by atoms with Crippen LogP contribution in [-0.4, -0.2) is 48.5 Å². The lowest BCUT2D eigenvalue weighted by atomic mass is 9.89. The van der Waals surface area contributed by atoms with Crippen molar-refractivity contribution < 1.29 is 32.0 Å². The summed E-state index contributed by atoms with van der Waals surface area (Å²) in [6, 6.07) is 0.920. The van der Waals surface area contributed by atoms with Crippen molar-refractivity contribution in [1.29, 1.82) is 0 Å². The summed E-state index contributed by atoms with van der Waals surface area (Å²) >= 11 is 0. The molecule has 1 fully saturated rings. The van der Waals surface area contributed by atoms with Gasteiger partial charge in [-0.2, -0.15) is 5.10 Å². The molecule has 1 aromatic carbocycles. The number of sulfone groups is 1. The molecule has 1 aliphatic heterocycles. The average Bonchev–Trinajstić information content (AvgIpc) is 3.09. The van der Waals surface area contributed by atoms with E-state index in [-0.39, 0.29) is 51.9 Å². The van der Waals surface area contributed by atoms with Crippen LogP contribution in [0.2, 0.25) is 0 Å². The lowest BCUT2D eigenvalue weighted by Crippen LogP contribution is -2.26. The molecule has 0 N–H and O–H groups in total. The van der Waals surface area contributed by atoms with E-state index >= 15 is 4.39 Å². The molecule has 2 aromatic rings. The number of benzene rings is 1. The summed E-state index contributed by atoms with van der Waals surface area (Å²) in [6.45, 7) is 3.13. The molecule has 1 aromatic heterocycles. The van der Waals surface area contributed by atoms with Gasteiger partial charge in [0.1, 0.15) is 23.4 Å². The first-order chi connectivity index (χ1) is 16.6. The van der Waals surface area contributed by atoms with E-state index in [0.29, 0.717) is 5.69 Å². The average molecular weight is 506 g/mol. The van der Waals surface area contributed by atoms with Gasteiger partial charge < -0.3 is 9.57 Å². The molecule has 0 bridgehead atoms. The molecule has 2 heterocycles. The highest BCUT2D eigenvalue weighted by Gasteiger charge is 2.36. The van der Waals surface area contributed by atoms with Gasteiger partial charge in [-0.3, -0.25) is 9.59 Å². The van der Waals surface area contributed by atoms with Gasteiger partial charge in [-0.25, -0.2) is 17.5 Å². The number of oxime groups is 1. The Balaban J connectivity index is 1.81. The van der Waals surface area contributed by atoms with Crippen LogP contribution < -0.4 is 4.74 Å². The minimum atomic E-state index is -3.90. The molecule has 0 atom stereocenters. The Labute approximate surface area is 203 Å².